The first-order chi connectivity index (χ1) is 12.5. The van der Waals surface area contributed by atoms with Crippen LogP contribution in [0.1, 0.15) is 32.6 Å². The molecule has 1 saturated carbocycles. The van der Waals surface area contributed by atoms with Gasteiger partial charge in [-0.15, -0.1) is 10.2 Å². The molecule has 6 nitrogen and oxygen atoms in total. The van der Waals surface area contributed by atoms with E-state index in [4.69, 9.17) is 0 Å². The molecule has 0 unspecified atom stereocenters. The van der Waals surface area contributed by atoms with Crippen LogP contribution >= 0.6 is 27.7 Å². The molecular formula is C18H23BrN4O2S. The molecule has 8 heteroatoms. The molecule has 1 aromatic carbocycles. The van der Waals surface area contributed by atoms with Crippen molar-refractivity contribution in [1.29, 1.82) is 0 Å². The van der Waals surface area contributed by atoms with Gasteiger partial charge in [0.25, 0.3) is 0 Å². The van der Waals surface area contributed by atoms with Crippen LogP contribution in [-0.2, 0) is 11.8 Å². The summed E-state index contributed by atoms with van der Waals surface area (Å²) in [6, 6.07) is 5.46. The number of nitrogens with zero attached hydrogens (tertiary/aromatic N) is 3. The summed E-state index contributed by atoms with van der Waals surface area (Å²) in [5, 5.41) is 22.2. The molecule has 2 atom stereocenters. The lowest BCUT2D eigenvalue weighted by atomic mass is 9.86. The van der Waals surface area contributed by atoms with Gasteiger partial charge in [0.05, 0.1) is 11.3 Å². The molecule has 1 aromatic heterocycles. The van der Waals surface area contributed by atoms with Crippen molar-refractivity contribution in [2.75, 3.05) is 5.75 Å². The van der Waals surface area contributed by atoms with Crippen LogP contribution in [0.2, 0.25) is 0 Å². The number of halogens is 1. The van der Waals surface area contributed by atoms with Gasteiger partial charge < -0.3 is 15.0 Å². The zero-order valence-corrected chi connectivity index (χ0v) is 17.3. The molecule has 0 spiro atoms. The Kier molecular flexibility index (Phi) is 6.24. The van der Waals surface area contributed by atoms with Crippen LogP contribution in [0.25, 0.3) is 11.4 Å². The number of amides is 1. The van der Waals surface area contributed by atoms with Crippen molar-refractivity contribution in [1.82, 2.24) is 20.1 Å². The van der Waals surface area contributed by atoms with E-state index < -0.39 is 0 Å². The predicted molar refractivity (Wildman–Crippen MR) is 106 cm³/mol. The van der Waals surface area contributed by atoms with E-state index >= 15 is 0 Å². The van der Waals surface area contributed by atoms with E-state index in [0.717, 1.165) is 10.9 Å². The van der Waals surface area contributed by atoms with Gasteiger partial charge in [-0.1, -0.05) is 47.5 Å². The highest BCUT2D eigenvalue weighted by atomic mass is 79.9. The Morgan fingerprint density at radius 2 is 2.15 bits per heavy atom. The van der Waals surface area contributed by atoms with Gasteiger partial charge in [-0.2, -0.15) is 0 Å². The van der Waals surface area contributed by atoms with Gasteiger partial charge in [0, 0.05) is 17.6 Å². The molecule has 0 radical (unpaired) electrons. The third-order valence-electron chi connectivity index (χ3n) is 4.82. The fourth-order valence-electron chi connectivity index (χ4n) is 3.27. The highest BCUT2D eigenvalue weighted by Crippen LogP contribution is 2.32. The Labute approximate surface area is 165 Å². The summed E-state index contributed by atoms with van der Waals surface area (Å²) in [5.74, 6) is 1.58. The van der Waals surface area contributed by atoms with Gasteiger partial charge in [-0.3, -0.25) is 4.79 Å². The monoisotopic (exact) mass is 438 g/mol. The fourth-order valence-corrected chi connectivity index (χ4v) is 4.36. The number of rotatable bonds is 5. The van der Waals surface area contributed by atoms with Gasteiger partial charge in [-0.25, -0.2) is 0 Å². The van der Waals surface area contributed by atoms with Crippen LogP contribution in [0.15, 0.2) is 27.8 Å². The van der Waals surface area contributed by atoms with E-state index in [-0.39, 0.29) is 17.7 Å². The van der Waals surface area contributed by atoms with E-state index in [0.29, 0.717) is 28.2 Å². The third-order valence-corrected chi connectivity index (χ3v) is 6.34. The first kappa shape index (κ1) is 19.2. The number of phenolic OH excluding ortho intramolecular Hbond substituents is 1. The quantitative estimate of drug-likeness (QED) is 0.694. The molecule has 26 heavy (non-hydrogen) atoms. The minimum Gasteiger partial charge on any atom is -0.507 e. The van der Waals surface area contributed by atoms with Crippen molar-refractivity contribution in [3.8, 4) is 17.1 Å². The van der Waals surface area contributed by atoms with E-state index in [2.05, 4.69) is 38.4 Å². The van der Waals surface area contributed by atoms with Crippen LogP contribution in [0.3, 0.4) is 0 Å². The van der Waals surface area contributed by atoms with Crippen LogP contribution in [0.4, 0.5) is 0 Å². The molecule has 0 bridgehead atoms. The van der Waals surface area contributed by atoms with Crippen LogP contribution in [-0.4, -0.2) is 37.6 Å². The summed E-state index contributed by atoms with van der Waals surface area (Å²) in [5.41, 5.74) is 0.599. The topological polar surface area (TPSA) is 80.0 Å². The normalized spacial score (nSPS) is 20.1. The number of carbonyl (C=O) groups excluding carboxylic acids is 1. The van der Waals surface area contributed by atoms with Crippen molar-refractivity contribution >= 4 is 33.6 Å². The number of hydrogen-bond donors (Lipinski definition) is 2. The molecule has 0 aliphatic heterocycles. The van der Waals surface area contributed by atoms with Crippen LogP contribution < -0.4 is 5.32 Å². The lowest BCUT2D eigenvalue weighted by Crippen LogP contribution is -2.41. The second kappa shape index (κ2) is 8.43. The second-order valence-corrected chi connectivity index (χ2v) is 8.61. The second-order valence-electron chi connectivity index (χ2n) is 6.75. The summed E-state index contributed by atoms with van der Waals surface area (Å²) in [7, 11) is 1.83. The lowest BCUT2D eigenvalue weighted by molar-refractivity contribution is -0.119. The Morgan fingerprint density at radius 1 is 1.38 bits per heavy atom. The molecule has 1 amide bonds. The zero-order chi connectivity index (χ0) is 18.7. The maximum absolute atomic E-state index is 12.3. The van der Waals surface area contributed by atoms with E-state index in [9.17, 15) is 9.90 Å². The van der Waals surface area contributed by atoms with Crippen molar-refractivity contribution in [2.24, 2.45) is 13.0 Å². The molecule has 1 aliphatic rings. The first-order valence-corrected chi connectivity index (χ1v) is 10.5. The van der Waals surface area contributed by atoms with Crippen molar-refractivity contribution in [2.45, 2.75) is 43.8 Å². The molecule has 1 aliphatic carbocycles. The van der Waals surface area contributed by atoms with E-state index in [1.165, 1.54) is 31.0 Å². The molecule has 2 N–H and O–H groups in total. The Bertz CT molecular complexity index is 795. The van der Waals surface area contributed by atoms with Gasteiger partial charge >= 0.3 is 0 Å². The Morgan fingerprint density at radius 3 is 2.92 bits per heavy atom. The molecule has 1 heterocycles. The third kappa shape index (κ3) is 4.40. The molecular weight excluding hydrogens is 416 g/mol. The highest BCUT2D eigenvalue weighted by molar-refractivity contribution is 9.10. The number of thioether (sulfide) groups is 1. The molecule has 2 aromatic rings. The van der Waals surface area contributed by atoms with Gasteiger partial charge in [0.2, 0.25) is 5.91 Å². The van der Waals surface area contributed by atoms with Crippen molar-refractivity contribution in [3.05, 3.63) is 22.7 Å². The molecule has 1 fully saturated rings. The highest BCUT2D eigenvalue weighted by Gasteiger charge is 2.23. The van der Waals surface area contributed by atoms with Crippen molar-refractivity contribution < 1.29 is 9.90 Å². The number of carbonyl (C=O) groups is 1. The minimum absolute atomic E-state index is 0.0311. The summed E-state index contributed by atoms with van der Waals surface area (Å²) in [6.07, 6.45) is 4.69. The first-order valence-electron chi connectivity index (χ1n) is 8.76. The van der Waals surface area contributed by atoms with Crippen LogP contribution in [0, 0.1) is 5.92 Å². The SMILES string of the molecule is C[C@@H]1CCCC[C@H]1NC(=O)CSc1nnc(-c2cc(Br)ccc2O)n1C. The Hall–Kier alpha value is -1.54. The average Bonchev–Trinajstić information content (AvgIpc) is 2.98. The fraction of sp³-hybridized carbons (Fsp3) is 0.500. The Balaban J connectivity index is 1.63. The number of benzene rings is 1. The summed E-state index contributed by atoms with van der Waals surface area (Å²) < 4.78 is 2.64. The van der Waals surface area contributed by atoms with Crippen LogP contribution in [0.5, 0.6) is 5.75 Å². The maximum atomic E-state index is 12.3. The number of hydrogen-bond acceptors (Lipinski definition) is 5. The number of nitrogens with one attached hydrogen (secondary N) is 1. The van der Waals surface area contributed by atoms with E-state index in [1.807, 2.05) is 7.05 Å². The standard InChI is InChI=1S/C18H23BrN4O2S/c1-11-5-3-4-6-14(11)20-16(25)10-26-18-22-21-17(23(18)2)13-9-12(19)7-8-15(13)24/h7-9,11,14,24H,3-6,10H2,1-2H3,(H,20,25)/t11-,14-/m1/s1. The number of aromatic nitrogens is 3. The van der Waals surface area contributed by atoms with Gasteiger partial charge in [-0.05, 0) is 37.0 Å². The lowest BCUT2D eigenvalue weighted by Gasteiger charge is -2.29. The summed E-state index contributed by atoms with van der Waals surface area (Å²) >= 11 is 4.75. The largest absolute Gasteiger partial charge is 0.507 e. The van der Waals surface area contributed by atoms with E-state index in [1.54, 1.807) is 22.8 Å². The van der Waals surface area contributed by atoms with Gasteiger partial charge in [0.1, 0.15) is 5.75 Å². The molecule has 0 saturated heterocycles. The summed E-state index contributed by atoms with van der Waals surface area (Å²) in [6.45, 7) is 2.21. The smallest absolute Gasteiger partial charge is 0.230 e. The maximum Gasteiger partial charge on any atom is 0.230 e. The minimum atomic E-state index is 0.0311. The average molecular weight is 439 g/mol. The summed E-state index contributed by atoms with van der Waals surface area (Å²) in [4.78, 5) is 12.3. The number of aromatic hydroxyl groups is 1. The van der Waals surface area contributed by atoms with Gasteiger partial charge in [0.15, 0.2) is 11.0 Å². The molecule has 3 rings (SSSR count). The zero-order valence-electron chi connectivity index (χ0n) is 14.9. The number of phenols is 1. The predicted octanol–water partition coefficient (Wildman–Crippen LogP) is 3.74. The van der Waals surface area contributed by atoms with Crippen molar-refractivity contribution in [3.63, 3.8) is 0 Å². The molecule has 140 valence electrons.